The molecule has 1 nitrogen and oxygen atoms in total. The first kappa shape index (κ1) is 18.4. The molecule has 0 bridgehead atoms. The van der Waals surface area contributed by atoms with Crippen molar-refractivity contribution in [3.8, 4) is 16.9 Å². The van der Waals surface area contributed by atoms with Gasteiger partial charge in [-0.15, -0.1) is 0 Å². The van der Waals surface area contributed by atoms with Gasteiger partial charge in [-0.25, -0.2) is 8.78 Å². The molecule has 0 aromatic heterocycles. The van der Waals surface area contributed by atoms with Gasteiger partial charge >= 0.3 is 0 Å². The number of aryl methyl sites for hydroxylation is 1. The van der Waals surface area contributed by atoms with E-state index in [2.05, 4.69) is 13.0 Å². The van der Waals surface area contributed by atoms with Gasteiger partial charge in [0.05, 0.1) is 7.11 Å². The maximum atomic E-state index is 15.0. The van der Waals surface area contributed by atoms with Crippen molar-refractivity contribution in [2.75, 3.05) is 7.11 Å². The van der Waals surface area contributed by atoms with Gasteiger partial charge in [-0.2, -0.15) is 0 Å². The van der Waals surface area contributed by atoms with Crippen LogP contribution in [0.5, 0.6) is 5.75 Å². The normalized spacial score (nSPS) is 11.1. The van der Waals surface area contributed by atoms with E-state index in [1.807, 2.05) is 18.2 Å². The molecule has 136 valence electrons. The highest BCUT2D eigenvalue weighted by Gasteiger charge is 2.12. The van der Waals surface area contributed by atoms with Crippen LogP contribution in [0.2, 0.25) is 0 Å². The quantitative estimate of drug-likeness (QED) is 0.419. The van der Waals surface area contributed by atoms with Crippen LogP contribution in [0.25, 0.3) is 21.9 Å². The van der Waals surface area contributed by atoms with Gasteiger partial charge < -0.3 is 4.74 Å². The molecule has 0 fully saturated rings. The lowest BCUT2D eigenvalue weighted by molar-refractivity contribution is 0.386. The largest absolute Gasteiger partial charge is 0.494 e. The highest BCUT2D eigenvalue weighted by atomic mass is 19.1. The molecule has 26 heavy (non-hydrogen) atoms. The SMILES string of the molecule is CCCCCCc1ccc2c(F)c(-c3ccc(OC)c(F)c3)ccc2c1. The molecule has 0 unspecified atom stereocenters. The van der Waals surface area contributed by atoms with Crippen LogP contribution in [0.1, 0.15) is 38.2 Å². The summed E-state index contributed by atoms with van der Waals surface area (Å²) in [5.41, 5.74) is 2.14. The molecule has 0 spiro atoms. The number of rotatable bonds is 7. The summed E-state index contributed by atoms with van der Waals surface area (Å²) in [5.74, 6) is -0.654. The predicted octanol–water partition coefficient (Wildman–Crippen LogP) is 6.92. The molecular weight excluding hydrogens is 330 g/mol. The number of fused-ring (bicyclic) bond motifs is 1. The van der Waals surface area contributed by atoms with Crippen molar-refractivity contribution in [1.29, 1.82) is 0 Å². The minimum Gasteiger partial charge on any atom is -0.494 e. The molecule has 0 radical (unpaired) electrons. The number of unbranched alkanes of at least 4 members (excludes halogenated alkanes) is 3. The Hall–Kier alpha value is -2.42. The molecule has 0 heterocycles. The maximum Gasteiger partial charge on any atom is 0.165 e. The Morgan fingerprint density at radius 3 is 2.46 bits per heavy atom. The number of hydrogen-bond donors (Lipinski definition) is 0. The average Bonchev–Trinajstić information content (AvgIpc) is 2.65. The van der Waals surface area contributed by atoms with Gasteiger partial charge in [0, 0.05) is 10.9 Å². The third-order valence-electron chi connectivity index (χ3n) is 4.80. The molecule has 0 saturated heterocycles. The molecule has 0 aliphatic carbocycles. The summed E-state index contributed by atoms with van der Waals surface area (Å²) in [6.45, 7) is 2.20. The fourth-order valence-electron chi connectivity index (χ4n) is 3.31. The maximum absolute atomic E-state index is 15.0. The molecule has 0 atom stereocenters. The number of hydrogen-bond acceptors (Lipinski definition) is 1. The van der Waals surface area contributed by atoms with Crippen molar-refractivity contribution >= 4 is 10.8 Å². The van der Waals surface area contributed by atoms with Crippen molar-refractivity contribution in [2.24, 2.45) is 0 Å². The lowest BCUT2D eigenvalue weighted by Crippen LogP contribution is -1.92. The molecule has 0 aliphatic heterocycles. The van der Waals surface area contributed by atoms with Gasteiger partial charge in [-0.1, -0.05) is 62.6 Å². The van der Waals surface area contributed by atoms with E-state index < -0.39 is 5.82 Å². The van der Waals surface area contributed by atoms with Crippen molar-refractivity contribution in [3.05, 3.63) is 65.7 Å². The van der Waals surface area contributed by atoms with E-state index in [0.717, 1.165) is 18.2 Å². The van der Waals surface area contributed by atoms with Crippen LogP contribution in [0.3, 0.4) is 0 Å². The minimum atomic E-state index is -0.494. The lowest BCUT2D eigenvalue weighted by Gasteiger charge is -2.10. The first-order valence-corrected chi connectivity index (χ1v) is 9.19. The van der Waals surface area contributed by atoms with Gasteiger partial charge in [-0.3, -0.25) is 0 Å². The van der Waals surface area contributed by atoms with Crippen LogP contribution >= 0.6 is 0 Å². The number of methoxy groups -OCH3 is 1. The second kappa shape index (κ2) is 8.31. The number of benzene rings is 3. The summed E-state index contributed by atoms with van der Waals surface area (Å²) in [4.78, 5) is 0. The molecule has 3 heteroatoms. The summed E-state index contributed by atoms with van der Waals surface area (Å²) in [7, 11) is 1.41. The Balaban J connectivity index is 1.90. The third-order valence-corrected chi connectivity index (χ3v) is 4.80. The topological polar surface area (TPSA) is 9.23 Å². The first-order valence-electron chi connectivity index (χ1n) is 9.19. The summed E-state index contributed by atoms with van der Waals surface area (Å²) in [6.07, 6.45) is 5.88. The van der Waals surface area contributed by atoms with E-state index in [-0.39, 0.29) is 11.6 Å². The monoisotopic (exact) mass is 354 g/mol. The second-order valence-corrected chi connectivity index (χ2v) is 6.64. The van der Waals surface area contributed by atoms with Gasteiger partial charge in [0.1, 0.15) is 5.82 Å². The van der Waals surface area contributed by atoms with E-state index in [1.54, 1.807) is 12.1 Å². The van der Waals surface area contributed by atoms with Gasteiger partial charge in [0.2, 0.25) is 0 Å². The van der Waals surface area contributed by atoms with E-state index in [4.69, 9.17) is 4.74 Å². The van der Waals surface area contributed by atoms with E-state index in [9.17, 15) is 8.78 Å². The van der Waals surface area contributed by atoms with Crippen LogP contribution in [-0.4, -0.2) is 7.11 Å². The summed E-state index contributed by atoms with van der Waals surface area (Å²) < 4.78 is 33.9. The van der Waals surface area contributed by atoms with E-state index in [0.29, 0.717) is 16.5 Å². The van der Waals surface area contributed by atoms with Crippen molar-refractivity contribution < 1.29 is 13.5 Å². The Morgan fingerprint density at radius 1 is 0.885 bits per heavy atom. The van der Waals surface area contributed by atoms with Crippen LogP contribution in [0, 0.1) is 11.6 Å². The lowest BCUT2D eigenvalue weighted by atomic mass is 9.97. The minimum absolute atomic E-state index is 0.155. The average molecular weight is 354 g/mol. The summed E-state index contributed by atoms with van der Waals surface area (Å²) in [5, 5.41) is 1.45. The van der Waals surface area contributed by atoms with Crippen LogP contribution in [0.4, 0.5) is 8.78 Å². The summed E-state index contributed by atoms with van der Waals surface area (Å²) >= 11 is 0. The standard InChI is InChI=1S/C23H24F2O/c1-3-4-5-6-7-16-8-11-19-17(14-16)9-12-20(23(19)25)18-10-13-22(26-2)21(24)15-18/h8-15H,3-7H2,1-2H3. The summed E-state index contributed by atoms with van der Waals surface area (Å²) in [6, 6.07) is 14.0. The fourth-order valence-corrected chi connectivity index (χ4v) is 3.31. The highest BCUT2D eigenvalue weighted by molar-refractivity contribution is 5.88. The van der Waals surface area contributed by atoms with Crippen LogP contribution in [-0.2, 0) is 6.42 Å². The van der Waals surface area contributed by atoms with Crippen molar-refractivity contribution in [1.82, 2.24) is 0 Å². The first-order chi connectivity index (χ1) is 12.6. The molecule has 3 aromatic rings. The zero-order chi connectivity index (χ0) is 18.5. The Morgan fingerprint density at radius 2 is 1.73 bits per heavy atom. The molecule has 3 rings (SSSR count). The van der Waals surface area contributed by atoms with Crippen LogP contribution in [0.15, 0.2) is 48.5 Å². The molecule has 0 saturated carbocycles. The molecule has 0 N–H and O–H groups in total. The Bertz CT molecular complexity index is 902. The van der Waals surface area contributed by atoms with Gasteiger partial charge in [0.15, 0.2) is 11.6 Å². The molecular formula is C23H24F2O. The second-order valence-electron chi connectivity index (χ2n) is 6.64. The Labute approximate surface area is 153 Å². The smallest absolute Gasteiger partial charge is 0.165 e. The zero-order valence-corrected chi connectivity index (χ0v) is 15.3. The van der Waals surface area contributed by atoms with Crippen LogP contribution < -0.4 is 4.74 Å². The highest BCUT2D eigenvalue weighted by Crippen LogP contribution is 2.32. The zero-order valence-electron chi connectivity index (χ0n) is 15.3. The van der Waals surface area contributed by atoms with E-state index >= 15 is 0 Å². The van der Waals surface area contributed by atoms with E-state index in [1.165, 1.54) is 44.1 Å². The number of halogens is 2. The van der Waals surface area contributed by atoms with Crippen molar-refractivity contribution in [3.63, 3.8) is 0 Å². The number of ether oxygens (including phenoxy) is 1. The van der Waals surface area contributed by atoms with Gasteiger partial charge in [0.25, 0.3) is 0 Å². The Kier molecular flexibility index (Phi) is 5.87. The molecule has 0 aliphatic rings. The predicted molar refractivity (Wildman–Crippen MR) is 104 cm³/mol. The third kappa shape index (κ3) is 3.87. The van der Waals surface area contributed by atoms with Gasteiger partial charge in [-0.05, 0) is 41.5 Å². The van der Waals surface area contributed by atoms with Crippen molar-refractivity contribution in [2.45, 2.75) is 39.0 Å². The molecule has 3 aromatic carbocycles. The fraction of sp³-hybridized carbons (Fsp3) is 0.304. The molecule has 0 amide bonds.